The first kappa shape index (κ1) is 25.7. The second kappa shape index (κ2) is 8.84. The third-order valence-electron chi connectivity index (χ3n) is 5.75. The number of ether oxygens (including phenoxy) is 1. The summed E-state index contributed by atoms with van der Waals surface area (Å²) in [6.45, 7) is 0. The largest absolute Gasteiger partial charge is 0.473 e. The van der Waals surface area contributed by atoms with Gasteiger partial charge in [0.1, 0.15) is 23.1 Å². The lowest BCUT2D eigenvalue weighted by Crippen LogP contribution is -2.27. The molecule has 2 heterocycles. The monoisotopic (exact) mass is 573 g/mol. The van der Waals surface area contributed by atoms with Crippen LogP contribution in [0.5, 0.6) is 5.75 Å². The molecule has 3 aromatic rings. The van der Waals surface area contributed by atoms with Gasteiger partial charge >= 0.3 is 6.18 Å². The van der Waals surface area contributed by atoms with Crippen molar-refractivity contribution in [2.45, 2.75) is 12.2 Å². The highest BCUT2D eigenvalue weighted by molar-refractivity contribution is 7.92. The van der Waals surface area contributed by atoms with Gasteiger partial charge in [-0.05, 0) is 36.4 Å². The van der Waals surface area contributed by atoms with Gasteiger partial charge in [0.05, 0.1) is 22.9 Å². The molecule has 0 radical (unpaired) electrons. The topological polar surface area (TPSA) is 114 Å². The van der Waals surface area contributed by atoms with Crippen LogP contribution in [0.25, 0.3) is 0 Å². The van der Waals surface area contributed by atoms with Gasteiger partial charge in [0, 0.05) is 27.8 Å². The van der Waals surface area contributed by atoms with Crippen LogP contribution >= 0.6 is 11.6 Å². The highest BCUT2D eigenvalue weighted by atomic mass is 35.5. The van der Waals surface area contributed by atoms with Gasteiger partial charge in [-0.15, -0.1) is 0 Å². The normalized spacial score (nSPS) is 17.5. The Morgan fingerprint density at radius 2 is 1.82 bits per heavy atom. The average molecular weight is 574 g/mol. The third kappa shape index (κ3) is 4.60. The fraction of sp³-hybridized carbons (Fsp3) is 0.130. The van der Waals surface area contributed by atoms with Crippen LogP contribution in [-0.4, -0.2) is 26.2 Å². The molecule has 1 atom stereocenters. The van der Waals surface area contributed by atoms with Crippen LogP contribution in [0.15, 0.2) is 42.5 Å². The summed E-state index contributed by atoms with van der Waals surface area (Å²) in [4.78, 5) is 26.0. The first-order chi connectivity index (χ1) is 17.7. The summed E-state index contributed by atoms with van der Waals surface area (Å²) in [6, 6.07) is 4.44. The van der Waals surface area contributed by atoms with E-state index in [0.29, 0.717) is 12.1 Å². The van der Waals surface area contributed by atoms with E-state index in [2.05, 4.69) is 15.4 Å². The molecule has 3 N–H and O–H groups in total. The predicted octanol–water partition coefficient (Wildman–Crippen LogP) is 4.81. The van der Waals surface area contributed by atoms with Crippen molar-refractivity contribution in [2.75, 3.05) is 16.0 Å². The molecule has 0 spiro atoms. The minimum absolute atomic E-state index is 0.0105. The van der Waals surface area contributed by atoms with Crippen molar-refractivity contribution >= 4 is 44.8 Å². The standard InChI is InChI=1S/C23H13ClF5N3O5S/c24-14-2-1-11(25)6-13(14)19-17-15(30-21(33)9-3-10(23(27,28)29)5-12(26)4-9)7-16-20(18(17)22(34)31-19)32-38(35,36)8-37-16/h1-7,19,32H,8H2,(H,30,33)(H,31,34). The second-order valence-corrected chi connectivity index (χ2v) is 10.4. The molecule has 8 nitrogen and oxygen atoms in total. The van der Waals surface area contributed by atoms with Crippen molar-refractivity contribution in [2.24, 2.45) is 0 Å². The van der Waals surface area contributed by atoms with Gasteiger partial charge in [-0.2, -0.15) is 13.2 Å². The molecule has 3 aromatic carbocycles. The van der Waals surface area contributed by atoms with Gasteiger partial charge in [0.2, 0.25) is 5.94 Å². The summed E-state index contributed by atoms with van der Waals surface area (Å²) in [5.74, 6) is -5.07. The number of amides is 2. The summed E-state index contributed by atoms with van der Waals surface area (Å²) in [6.07, 6.45) is -4.94. The molecule has 0 saturated carbocycles. The number of fused-ring (bicyclic) bond motifs is 3. The number of hydrogen-bond donors (Lipinski definition) is 3. The molecule has 2 aliphatic rings. The van der Waals surface area contributed by atoms with Gasteiger partial charge in [-0.1, -0.05) is 11.6 Å². The highest BCUT2D eigenvalue weighted by Gasteiger charge is 2.40. The average Bonchev–Trinajstić information content (AvgIpc) is 3.17. The Labute approximate surface area is 215 Å². The molecular weight excluding hydrogens is 561 g/mol. The number of halogens is 6. The number of rotatable bonds is 3. The molecule has 198 valence electrons. The van der Waals surface area contributed by atoms with Crippen LogP contribution in [0.4, 0.5) is 33.3 Å². The van der Waals surface area contributed by atoms with Crippen LogP contribution in [0.1, 0.15) is 43.4 Å². The number of carbonyl (C=O) groups is 2. The maximum atomic E-state index is 14.1. The van der Waals surface area contributed by atoms with Crippen LogP contribution in [0, 0.1) is 11.6 Å². The summed E-state index contributed by atoms with van der Waals surface area (Å²) in [5, 5.41) is 4.87. The van der Waals surface area contributed by atoms with Crippen LogP contribution in [0.2, 0.25) is 5.02 Å². The molecular formula is C23H13ClF5N3O5S. The fourth-order valence-electron chi connectivity index (χ4n) is 4.18. The maximum absolute atomic E-state index is 14.1. The summed E-state index contributed by atoms with van der Waals surface area (Å²) in [5.41, 5.74) is -2.88. The van der Waals surface area contributed by atoms with E-state index < -0.39 is 62.8 Å². The molecule has 2 amide bonds. The Balaban J connectivity index is 1.67. The SMILES string of the molecule is O=C(Nc1cc2c(c3c1C(c1cc(F)ccc1Cl)NC3=O)NS(=O)(=O)CO2)c1cc(F)cc(C(F)(F)F)c1. The van der Waals surface area contributed by atoms with E-state index in [1.807, 2.05) is 0 Å². The van der Waals surface area contributed by atoms with E-state index in [4.69, 9.17) is 16.3 Å². The van der Waals surface area contributed by atoms with E-state index in [9.17, 15) is 40.0 Å². The number of nitrogens with one attached hydrogen (secondary N) is 3. The van der Waals surface area contributed by atoms with Crippen molar-refractivity contribution < 1.29 is 44.7 Å². The zero-order valence-electron chi connectivity index (χ0n) is 18.5. The van der Waals surface area contributed by atoms with Gasteiger partial charge in [-0.25, -0.2) is 17.2 Å². The molecule has 1 unspecified atom stereocenters. The van der Waals surface area contributed by atoms with Crippen molar-refractivity contribution in [3.8, 4) is 5.75 Å². The van der Waals surface area contributed by atoms with Crippen LogP contribution in [-0.2, 0) is 16.2 Å². The Bertz CT molecular complexity index is 1650. The number of sulfonamides is 1. The highest BCUT2D eigenvalue weighted by Crippen LogP contribution is 2.47. The smallest absolute Gasteiger partial charge is 0.416 e. The molecule has 38 heavy (non-hydrogen) atoms. The van der Waals surface area contributed by atoms with E-state index in [1.165, 1.54) is 6.07 Å². The Morgan fingerprint density at radius 1 is 1.08 bits per heavy atom. The van der Waals surface area contributed by atoms with Crippen molar-refractivity contribution in [3.63, 3.8) is 0 Å². The first-order valence-corrected chi connectivity index (χ1v) is 12.6. The van der Waals surface area contributed by atoms with Crippen LogP contribution in [0.3, 0.4) is 0 Å². The lowest BCUT2D eigenvalue weighted by Gasteiger charge is -2.24. The number of carbonyl (C=O) groups excluding carboxylic acids is 2. The van der Waals surface area contributed by atoms with Crippen LogP contribution < -0.4 is 20.1 Å². The van der Waals surface area contributed by atoms with Gasteiger partial charge in [0.25, 0.3) is 21.8 Å². The zero-order valence-corrected chi connectivity index (χ0v) is 20.1. The Hall–Kier alpha value is -3.91. The lowest BCUT2D eigenvalue weighted by atomic mass is 9.94. The second-order valence-electron chi connectivity index (χ2n) is 8.32. The Morgan fingerprint density at radius 3 is 2.53 bits per heavy atom. The van der Waals surface area contributed by atoms with Gasteiger partial charge in [0.15, 0.2) is 0 Å². The van der Waals surface area contributed by atoms with E-state index >= 15 is 0 Å². The number of benzene rings is 3. The molecule has 0 saturated heterocycles. The lowest BCUT2D eigenvalue weighted by molar-refractivity contribution is -0.137. The van der Waals surface area contributed by atoms with Gasteiger partial charge in [-0.3, -0.25) is 14.3 Å². The fourth-order valence-corrected chi connectivity index (χ4v) is 5.26. The zero-order chi connectivity index (χ0) is 27.6. The van der Waals surface area contributed by atoms with Gasteiger partial charge < -0.3 is 15.4 Å². The number of anilines is 2. The first-order valence-electron chi connectivity index (χ1n) is 10.5. The molecule has 0 bridgehead atoms. The summed E-state index contributed by atoms with van der Waals surface area (Å²) in [7, 11) is -4.01. The number of hydrogen-bond acceptors (Lipinski definition) is 5. The van der Waals surface area contributed by atoms with Crippen molar-refractivity contribution in [1.29, 1.82) is 0 Å². The summed E-state index contributed by atoms with van der Waals surface area (Å²) >= 11 is 6.22. The minimum atomic E-state index is -4.94. The van der Waals surface area contributed by atoms with Crippen molar-refractivity contribution in [1.82, 2.24) is 5.32 Å². The molecule has 5 rings (SSSR count). The number of alkyl halides is 3. The predicted molar refractivity (Wildman–Crippen MR) is 125 cm³/mol. The van der Waals surface area contributed by atoms with E-state index in [0.717, 1.165) is 18.2 Å². The maximum Gasteiger partial charge on any atom is 0.416 e. The quantitative estimate of drug-likeness (QED) is 0.389. The molecule has 15 heteroatoms. The summed E-state index contributed by atoms with van der Waals surface area (Å²) < 4.78 is 99.2. The molecule has 0 fully saturated rings. The van der Waals surface area contributed by atoms with E-state index in [-0.39, 0.29) is 44.9 Å². The molecule has 0 aliphatic carbocycles. The third-order valence-corrected chi connectivity index (χ3v) is 7.04. The van der Waals surface area contributed by atoms with Crippen molar-refractivity contribution in [3.05, 3.63) is 86.9 Å². The van der Waals surface area contributed by atoms with E-state index in [1.54, 1.807) is 0 Å². The minimum Gasteiger partial charge on any atom is -0.473 e. The Kier molecular flexibility index (Phi) is 5.98. The molecule has 2 aliphatic heterocycles. The molecule has 0 aromatic heterocycles.